The van der Waals surface area contributed by atoms with Gasteiger partial charge >= 0.3 is 0 Å². The van der Waals surface area contributed by atoms with Gasteiger partial charge in [-0.3, -0.25) is 4.79 Å². The molecule has 0 bridgehead atoms. The molecule has 0 spiro atoms. The Morgan fingerprint density at radius 2 is 2.18 bits per heavy atom. The Hall–Kier alpha value is -1.29. The Morgan fingerprint density at radius 3 is 2.65 bits per heavy atom. The normalized spacial score (nSPS) is 15.4. The predicted octanol–water partition coefficient (Wildman–Crippen LogP) is 2.12. The first-order valence-electron chi connectivity index (χ1n) is 5.59. The summed E-state index contributed by atoms with van der Waals surface area (Å²) in [5.41, 5.74) is -0.865. The maximum atomic E-state index is 12.1. The van der Waals surface area contributed by atoms with E-state index in [9.17, 15) is 4.79 Å². The van der Waals surface area contributed by atoms with Gasteiger partial charge in [-0.1, -0.05) is 11.6 Å². The first-order chi connectivity index (χ1) is 7.99. The first-order valence-corrected chi connectivity index (χ1v) is 5.97. The Morgan fingerprint density at radius 1 is 1.47 bits per heavy atom. The standard InChI is InChI=1S/C12H15ClN2O2/c1-12(2,11(16)15-6-3-7-15)17-9-4-5-10(13)14-8-9/h4-5,8H,3,6-7H2,1-2H3. The van der Waals surface area contributed by atoms with Crippen LogP contribution in [0.2, 0.25) is 5.15 Å². The number of amides is 1. The molecular weight excluding hydrogens is 240 g/mol. The fraction of sp³-hybridized carbons (Fsp3) is 0.500. The summed E-state index contributed by atoms with van der Waals surface area (Å²) in [6, 6.07) is 3.35. The van der Waals surface area contributed by atoms with Crippen molar-refractivity contribution >= 4 is 17.5 Å². The molecule has 1 aromatic heterocycles. The van der Waals surface area contributed by atoms with E-state index in [4.69, 9.17) is 16.3 Å². The number of pyridine rings is 1. The highest BCUT2D eigenvalue weighted by Crippen LogP contribution is 2.22. The van der Waals surface area contributed by atoms with E-state index in [1.165, 1.54) is 6.20 Å². The summed E-state index contributed by atoms with van der Waals surface area (Å²) < 4.78 is 5.66. The molecule has 1 aliphatic heterocycles. The Bertz CT molecular complexity index is 413. The van der Waals surface area contributed by atoms with Gasteiger partial charge in [-0.15, -0.1) is 0 Å². The molecule has 0 N–H and O–H groups in total. The van der Waals surface area contributed by atoms with E-state index in [0.29, 0.717) is 10.9 Å². The van der Waals surface area contributed by atoms with Gasteiger partial charge in [0.15, 0.2) is 5.60 Å². The van der Waals surface area contributed by atoms with Crippen molar-refractivity contribution in [2.75, 3.05) is 13.1 Å². The zero-order valence-corrected chi connectivity index (χ0v) is 10.7. The summed E-state index contributed by atoms with van der Waals surface area (Å²) in [6.45, 7) is 5.18. The fourth-order valence-electron chi connectivity index (χ4n) is 1.66. The SMILES string of the molecule is CC(C)(Oc1ccc(Cl)nc1)C(=O)N1CCC1. The lowest BCUT2D eigenvalue weighted by Gasteiger charge is -2.37. The minimum Gasteiger partial charge on any atom is -0.476 e. The van der Waals surface area contributed by atoms with E-state index in [1.807, 2.05) is 0 Å². The van der Waals surface area contributed by atoms with Crippen LogP contribution in [0.15, 0.2) is 18.3 Å². The van der Waals surface area contributed by atoms with Crippen LogP contribution in [0.3, 0.4) is 0 Å². The number of ether oxygens (including phenoxy) is 1. The van der Waals surface area contributed by atoms with E-state index in [1.54, 1.807) is 30.9 Å². The molecule has 92 valence electrons. The van der Waals surface area contributed by atoms with Crippen molar-refractivity contribution in [1.29, 1.82) is 0 Å². The molecular formula is C12H15ClN2O2. The largest absolute Gasteiger partial charge is 0.476 e. The second-order valence-electron chi connectivity index (χ2n) is 4.57. The van der Waals surface area contributed by atoms with Gasteiger partial charge in [-0.2, -0.15) is 0 Å². The van der Waals surface area contributed by atoms with Crippen LogP contribution in [0, 0.1) is 0 Å². The van der Waals surface area contributed by atoms with Gasteiger partial charge < -0.3 is 9.64 Å². The van der Waals surface area contributed by atoms with Crippen molar-refractivity contribution in [3.8, 4) is 5.75 Å². The summed E-state index contributed by atoms with van der Waals surface area (Å²) in [6.07, 6.45) is 2.60. The molecule has 17 heavy (non-hydrogen) atoms. The minimum atomic E-state index is -0.865. The zero-order valence-electron chi connectivity index (χ0n) is 9.94. The molecule has 2 heterocycles. The molecule has 0 aromatic carbocycles. The monoisotopic (exact) mass is 254 g/mol. The quantitative estimate of drug-likeness (QED) is 0.776. The highest BCUT2D eigenvalue weighted by molar-refractivity contribution is 6.29. The van der Waals surface area contributed by atoms with Crippen LogP contribution in [0.4, 0.5) is 0 Å². The molecule has 1 saturated heterocycles. The summed E-state index contributed by atoms with van der Waals surface area (Å²) in [4.78, 5) is 17.8. The molecule has 4 nitrogen and oxygen atoms in total. The number of carbonyl (C=O) groups is 1. The van der Waals surface area contributed by atoms with Crippen LogP contribution in [-0.2, 0) is 4.79 Å². The Balaban J connectivity index is 2.05. The molecule has 0 radical (unpaired) electrons. The van der Waals surface area contributed by atoms with E-state index < -0.39 is 5.60 Å². The third-order valence-corrected chi connectivity index (χ3v) is 2.96. The number of hydrogen-bond acceptors (Lipinski definition) is 3. The maximum absolute atomic E-state index is 12.1. The minimum absolute atomic E-state index is 0.0127. The van der Waals surface area contributed by atoms with Gasteiger partial charge in [0.1, 0.15) is 10.9 Å². The molecule has 1 fully saturated rings. The zero-order chi connectivity index (χ0) is 12.5. The van der Waals surface area contributed by atoms with Gasteiger partial charge in [0.2, 0.25) is 0 Å². The van der Waals surface area contributed by atoms with Crippen LogP contribution in [-0.4, -0.2) is 34.5 Å². The lowest BCUT2D eigenvalue weighted by atomic mass is 10.0. The van der Waals surface area contributed by atoms with Crippen molar-refractivity contribution in [2.45, 2.75) is 25.9 Å². The van der Waals surface area contributed by atoms with E-state index in [2.05, 4.69) is 4.98 Å². The second kappa shape index (κ2) is 4.53. The number of nitrogens with zero attached hydrogens (tertiary/aromatic N) is 2. The number of carbonyl (C=O) groups excluding carboxylic acids is 1. The summed E-state index contributed by atoms with van der Waals surface area (Å²) in [5, 5.41) is 0.407. The predicted molar refractivity (Wildman–Crippen MR) is 65.2 cm³/mol. The van der Waals surface area contributed by atoms with Gasteiger partial charge in [0.05, 0.1) is 6.20 Å². The average molecular weight is 255 g/mol. The third-order valence-electron chi connectivity index (χ3n) is 2.73. The van der Waals surface area contributed by atoms with Crippen molar-refractivity contribution < 1.29 is 9.53 Å². The van der Waals surface area contributed by atoms with Crippen LogP contribution in [0.1, 0.15) is 20.3 Å². The highest BCUT2D eigenvalue weighted by Gasteiger charge is 2.36. The Kier molecular flexibility index (Phi) is 3.24. The van der Waals surface area contributed by atoms with E-state index >= 15 is 0 Å². The van der Waals surface area contributed by atoms with Gasteiger partial charge in [-0.05, 0) is 32.4 Å². The summed E-state index contributed by atoms with van der Waals surface area (Å²) >= 11 is 5.69. The molecule has 0 aliphatic carbocycles. The van der Waals surface area contributed by atoms with Crippen molar-refractivity contribution in [3.05, 3.63) is 23.5 Å². The first kappa shape index (κ1) is 12.2. The molecule has 0 unspecified atom stereocenters. The number of hydrogen-bond donors (Lipinski definition) is 0. The van der Waals surface area contributed by atoms with Crippen LogP contribution < -0.4 is 4.74 Å². The maximum Gasteiger partial charge on any atom is 0.266 e. The lowest BCUT2D eigenvalue weighted by Crippen LogP contribution is -2.53. The third kappa shape index (κ3) is 2.69. The van der Waals surface area contributed by atoms with Crippen molar-refractivity contribution in [1.82, 2.24) is 9.88 Å². The molecule has 1 aliphatic rings. The highest BCUT2D eigenvalue weighted by atomic mass is 35.5. The Labute approximate surface area is 106 Å². The topological polar surface area (TPSA) is 42.4 Å². The van der Waals surface area contributed by atoms with Crippen molar-refractivity contribution in [2.24, 2.45) is 0 Å². The van der Waals surface area contributed by atoms with Crippen LogP contribution in [0.5, 0.6) is 5.75 Å². The average Bonchev–Trinajstić information content (AvgIpc) is 2.18. The second-order valence-corrected chi connectivity index (χ2v) is 4.96. The summed E-state index contributed by atoms with van der Waals surface area (Å²) in [5.74, 6) is 0.562. The van der Waals surface area contributed by atoms with Gasteiger partial charge in [0.25, 0.3) is 5.91 Å². The smallest absolute Gasteiger partial charge is 0.266 e. The molecule has 1 amide bonds. The van der Waals surface area contributed by atoms with Crippen molar-refractivity contribution in [3.63, 3.8) is 0 Å². The lowest BCUT2D eigenvalue weighted by molar-refractivity contribution is -0.149. The van der Waals surface area contributed by atoms with Crippen LogP contribution in [0.25, 0.3) is 0 Å². The van der Waals surface area contributed by atoms with Gasteiger partial charge in [-0.25, -0.2) is 4.98 Å². The van der Waals surface area contributed by atoms with E-state index in [-0.39, 0.29) is 5.91 Å². The molecule has 0 atom stereocenters. The summed E-state index contributed by atoms with van der Waals surface area (Å²) in [7, 11) is 0. The van der Waals surface area contributed by atoms with Crippen LogP contribution >= 0.6 is 11.6 Å². The van der Waals surface area contributed by atoms with E-state index in [0.717, 1.165) is 19.5 Å². The fourth-order valence-corrected chi connectivity index (χ4v) is 1.77. The molecule has 2 rings (SSSR count). The number of halogens is 1. The molecule has 1 aromatic rings. The number of rotatable bonds is 3. The number of aromatic nitrogens is 1. The van der Waals surface area contributed by atoms with Gasteiger partial charge in [0, 0.05) is 13.1 Å². The molecule has 0 saturated carbocycles. The number of likely N-dealkylation sites (tertiary alicyclic amines) is 1. The molecule has 5 heteroatoms.